The van der Waals surface area contributed by atoms with Gasteiger partial charge in [-0.1, -0.05) is 12.1 Å². The van der Waals surface area contributed by atoms with Crippen LogP contribution in [0.4, 0.5) is 5.13 Å². The van der Waals surface area contributed by atoms with E-state index in [-0.39, 0.29) is 22.1 Å². The van der Waals surface area contributed by atoms with E-state index >= 15 is 0 Å². The number of rotatable bonds is 9. The van der Waals surface area contributed by atoms with Crippen molar-refractivity contribution in [3.05, 3.63) is 59.5 Å². The lowest BCUT2D eigenvalue weighted by atomic mass is 10.1. The zero-order chi connectivity index (χ0) is 26.8. The largest absolute Gasteiger partial charge is 0.379 e. The molecular weight excluding hydrogens is 548 g/mol. The number of anilines is 1. The molecule has 0 spiro atoms. The van der Waals surface area contributed by atoms with Crippen LogP contribution in [0.5, 0.6) is 0 Å². The molecule has 3 aromatic rings. The molecular formula is C25H28N4O6S3. The predicted octanol–water partition coefficient (Wildman–Crippen LogP) is 2.91. The SMILES string of the molecule is O=C(CNc1nc(-c2ccc(S(=O)(=O)N3CCOCC3)cc2)cs1)c1ccc(S(=O)(=O)N2CCCC2)cc1. The first-order valence-corrected chi connectivity index (χ1v) is 16.0. The molecule has 202 valence electrons. The van der Waals surface area contributed by atoms with Crippen molar-refractivity contribution >= 4 is 42.3 Å². The van der Waals surface area contributed by atoms with Gasteiger partial charge in [0, 0.05) is 42.7 Å². The summed E-state index contributed by atoms with van der Waals surface area (Å²) in [5.74, 6) is -0.190. The van der Waals surface area contributed by atoms with Gasteiger partial charge in [0.15, 0.2) is 10.9 Å². The molecule has 0 aliphatic carbocycles. The van der Waals surface area contributed by atoms with E-state index in [9.17, 15) is 21.6 Å². The van der Waals surface area contributed by atoms with Crippen molar-refractivity contribution in [2.75, 3.05) is 51.3 Å². The van der Waals surface area contributed by atoms with Gasteiger partial charge in [-0.25, -0.2) is 21.8 Å². The number of hydrogen-bond acceptors (Lipinski definition) is 9. The van der Waals surface area contributed by atoms with E-state index in [2.05, 4.69) is 10.3 Å². The van der Waals surface area contributed by atoms with Gasteiger partial charge in [-0.2, -0.15) is 8.61 Å². The van der Waals surface area contributed by atoms with Gasteiger partial charge in [0.05, 0.1) is 35.2 Å². The number of morpholine rings is 1. The van der Waals surface area contributed by atoms with Crippen LogP contribution in [0.25, 0.3) is 11.3 Å². The highest BCUT2D eigenvalue weighted by molar-refractivity contribution is 7.89. The number of ether oxygens (including phenoxy) is 1. The van der Waals surface area contributed by atoms with Gasteiger partial charge in [0.1, 0.15) is 0 Å². The first kappa shape index (κ1) is 26.9. The minimum atomic E-state index is -3.57. The second-order valence-electron chi connectivity index (χ2n) is 8.99. The molecule has 0 atom stereocenters. The van der Waals surface area contributed by atoms with Gasteiger partial charge in [0.2, 0.25) is 20.0 Å². The van der Waals surface area contributed by atoms with Gasteiger partial charge in [0.25, 0.3) is 0 Å². The molecule has 0 amide bonds. The highest BCUT2D eigenvalue weighted by Crippen LogP contribution is 2.27. The molecule has 38 heavy (non-hydrogen) atoms. The smallest absolute Gasteiger partial charge is 0.243 e. The fourth-order valence-corrected chi connectivity index (χ4v) is 8.01. The van der Waals surface area contributed by atoms with Crippen LogP contribution in [0.1, 0.15) is 23.2 Å². The Balaban J connectivity index is 1.19. The van der Waals surface area contributed by atoms with E-state index in [1.54, 1.807) is 24.3 Å². The fourth-order valence-electron chi connectivity index (χ4n) is 4.37. The molecule has 0 bridgehead atoms. The number of hydrogen-bond donors (Lipinski definition) is 1. The number of carbonyl (C=O) groups excluding carboxylic acids is 1. The molecule has 1 aromatic heterocycles. The van der Waals surface area contributed by atoms with Crippen molar-refractivity contribution in [2.24, 2.45) is 0 Å². The Morgan fingerprint density at radius 2 is 1.39 bits per heavy atom. The number of carbonyl (C=O) groups is 1. The Bertz CT molecular complexity index is 1490. The number of Topliss-reactive ketones (excluding diaryl/α,β-unsaturated/α-hetero) is 1. The number of aromatic nitrogens is 1. The minimum absolute atomic E-state index is 0.00189. The van der Waals surface area contributed by atoms with Crippen molar-refractivity contribution in [3.63, 3.8) is 0 Å². The van der Waals surface area contributed by atoms with Crippen molar-refractivity contribution in [1.82, 2.24) is 13.6 Å². The highest BCUT2D eigenvalue weighted by atomic mass is 32.2. The van der Waals surface area contributed by atoms with Crippen LogP contribution in [0.3, 0.4) is 0 Å². The zero-order valence-electron chi connectivity index (χ0n) is 20.6. The molecule has 3 heterocycles. The zero-order valence-corrected chi connectivity index (χ0v) is 23.0. The van der Waals surface area contributed by atoms with Crippen LogP contribution in [0, 0.1) is 0 Å². The van der Waals surface area contributed by atoms with E-state index in [4.69, 9.17) is 4.74 Å². The van der Waals surface area contributed by atoms with Gasteiger partial charge in [-0.05, 0) is 49.2 Å². The lowest BCUT2D eigenvalue weighted by Gasteiger charge is -2.26. The molecule has 5 rings (SSSR count). The first-order chi connectivity index (χ1) is 18.2. The molecule has 2 aliphatic rings. The summed E-state index contributed by atoms with van der Waals surface area (Å²) in [7, 11) is -7.09. The van der Waals surface area contributed by atoms with Gasteiger partial charge < -0.3 is 10.1 Å². The lowest BCUT2D eigenvalue weighted by molar-refractivity contribution is 0.0730. The van der Waals surface area contributed by atoms with Crippen LogP contribution in [0.2, 0.25) is 0 Å². The lowest BCUT2D eigenvalue weighted by Crippen LogP contribution is -2.40. The van der Waals surface area contributed by atoms with Crippen molar-refractivity contribution in [1.29, 1.82) is 0 Å². The van der Waals surface area contributed by atoms with Crippen molar-refractivity contribution < 1.29 is 26.4 Å². The Labute approximate surface area is 226 Å². The summed E-state index contributed by atoms with van der Waals surface area (Å²) in [5.41, 5.74) is 1.83. The van der Waals surface area contributed by atoms with Gasteiger partial charge >= 0.3 is 0 Å². The van der Waals surface area contributed by atoms with Crippen molar-refractivity contribution in [2.45, 2.75) is 22.6 Å². The topological polar surface area (TPSA) is 126 Å². The minimum Gasteiger partial charge on any atom is -0.379 e. The number of benzene rings is 2. The summed E-state index contributed by atoms with van der Waals surface area (Å²) in [5, 5.41) is 5.40. The molecule has 1 N–H and O–H groups in total. The molecule has 2 aliphatic heterocycles. The normalized spacial score (nSPS) is 17.5. The molecule has 13 heteroatoms. The van der Waals surface area contributed by atoms with Gasteiger partial charge in [-0.15, -0.1) is 11.3 Å². The van der Waals surface area contributed by atoms with E-state index < -0.39 is 20.0 Å². The van der Waals surface area contributed by atoms with Crippen LogP contribution >= 0.6 is 11.3 Å². The van der Waals surface area contributed by atoms with E-state index in [0.29, 0.717) is 55.8 Å². The molecule has 0 saturated carbocycles. The Morgan fingerprint density at radius 1 is 0.842 bits per heavy atom. The average molecular weight is 577 g/mol. The summed E-state index contributed by atoms with van der Waals surface area (Å²) in [6.45, 7) is 2.51. The second-order valence-corrected chi connectivity index (χ2v) is 13.7. The first-order valence-electron chi connectivity index (χ1n) is 12.3. The van der Waals surface area contributed by atoms with Crippen LogP contribution in [0.15, 0.2) is 63.7 Å². The molecule has 0 radical (unpaired) electrons. The molecule has 0 unspecified atom stereocenters. The third-order valence-corrected chi connectivity index (χ3v) is 11.2. The summed E-state index contributed by atoms with van der Waals surface area (Å²) >= 11 is 1.33. The van der Waals surface area contributed by atoms with E-state index in [1.807, 2.05) is 5.38 Å². The Kier molecular flexibility index (Phi) is 7.93. The number of nitrogens with zero attached hydrogens (tertiary/aromatic N) is 3. The number of ketones is 1. The summed E-state index contributed by atoms with van der Waals surface area (Å²) < 4.78 is 59.1. The maximum Gasteiger partial charge on any atom is 0.243 e. The average Bonchev–Trinajstić information content (AvgIpc) is 3.66. The van der Waals surface area contributed by atoms with Crippen molar-refractivity contribution in [3.8, 4) is 11.3 Å². The number of thiazole rings is 1. The Morgan fingerprint density at radius 3 is 2.00 bits per heavy atom. The third kappa shape index (κ3) is 5.67. The number of nitrogens with one attached hydrogen (secondary N) is 1. The predicted molar refractivity (Wildman–Crippen MR) is 144 cm³/mol. The maximum absolute atomic E-state index is 12.8. The molecule has 2 saturated heterocycles. The fraction of sp³-hybridized carbons (Fsp3) is 0.360. The highest BCUT2D eigenvalue weighted by Gasteiger charge is 2.28. The van der Waals surface area contributed by atoms with Gasteiger partial charge in [-0.3, -0.25) is 4.79 Å². The third-order valence-electron chi connectivity index (χ3n) is 6.54. The maximum atomic E-state index is 12.8. The second kappa shape index (κ2) is 11.2. The quantitative estimate of drug-likeness (QED) is 0.386. The summed E-state index contributed by atoms with van der Waals surface area (Å²) in [6, 6.07) is 12.6. The van der Waals surface area contributed by atoms with Crippen LogP contribution < -0.4 is 5.32 Å². The molecule has 2 aromatic carbocycles. The standard InChI is InChI=1S/C25H28N4O6S3/c30-24(20-5-9-22(10-6-20)37(31,32)28-11-1-2-12-28)17-26-25-27-23(18-36-25)19-3-7-21(8-4-19)38(33,34)29-13-15-35-16-14-29/h3-10,18H,1-2,11-17H2,(H,26,27). The van der Waals surface area contributed by atoms with Crippen LogP contribution in [-0.2, 0) is 24.8 Å². The number of sulfonamides is 2. The summed E-state index contributed by atoms with van der Waals surface area (Å²) in [4.78, 5) is 17.6. The molecule has 10 nitrogen and oxygen atoms in total. The van der Waals surface area contributed by atoms with Crippen LogP contribution in [-0.4, -0.2) is 82.2 Å². The Hall–Kier alpha value is -2.68. The van der Waals surface area contributed by atoms with E-state index in [1.165, 1.54) is 44.2 Å². The monoisotopic (exact) mass is 576 g/mol. The van der Waals surface area contributed by atoms with E-state index in [0.717, 1.165) is 18.4 Å². The summed E-state index contributed by atoms with van der Waals surface area (Å²) in [6.07, 6.45) is 1.73. The molecule has 2 fully saturated rings.